The first-order valence-corrected chi connectivity index (χ1v) is 10.7. The summed E-state index contributed by atoms with van der Waals surface area (Å²) in [6.45, 7) is 5.96. The Bertz CT molecular complexity index is 1400. The summed E-state index contributed by atoms with van der Waals surface area (Å²) in [7, 11) is 1.18. The average Bonchev–Trinajstić information content (AvgIpc) is 3.25. The molecule has 0 fully saturated rings. The molecule has 2 aromatic carbocycles. The van der Waals surface area contributed by atoms with E-state index in [1.807, 2.05) is 45.0 Å². The molecule has 0 bridgehead atoms. The molecular weight excluding hydrogens is 437 g/mol. The maximum Gasteiger partial charge on any atom is 0.411 e. The van der Waals surface area contributed by atoms with Gasteiger partial charge in [0.1, 0.15) is 5.82 Å². The quantitative estimate of drug-likeness (QED) is 0.406. The molecule has 0 aliphatic carbocycles. The van der Waals surface area contributed by atoms with Gasteiger partial charge in [0.15, 0.2) is 5.65 Å². The monoisotopic (exact) mass is 461 g/mol. The van der Waals surface area contributed by atoms with Crippen LogP contribution >= 0.6 is 0 Å². The van der Waals surface area contributed by atoms with Crippen molar-refractivity contribution in [1.29, 1.82) is 0 Å². The highest BCUT2D eigenvalue weighted by atomic mass is 19.1. The van der Waals surface area contributed by atoms with E-state index in [-0.39, 0.29) is 11.7 Å². The minimum atomic E-state index is -0.817. The van der Waals surface area contributed by atoms with Crippen LogP contribution in [0.1, 0.15) is 35.8 Å². The van der Waals surface area contributed by atoms with Gasteiger partial charge in [-0.25, -0.2) is 18.9 Å². The lowest BCUT2D eigenvalue weighted by molar-refractivity contribution is 0.102. The molecule has 174 valence electrons. The second-order valence-electron chi connectivity index (χ2n) is 8.06. The van der Waals surface area contributed by atoms with Gasteiger partial charge >= 0.3 is 6.09 Å². The van der Waals surface area contributed by atoms with Gasteiger partial charge in [0, 0.05) is 17.3 Å². The van der Waals surface area contributed by atoms with E-state index >= 15 is 0 Å². The Morgan fingerprint density at radius 3 is 2.56 bits per heavy atom. The van der Waals surface area contributed by atoms with Crippen molar-refractivity contribution in [1.82, 2.24) is 14.8 Å². The van der Waals surface area contributed by atoms with Crippen LogP contribution in [-0.2, 0) is 4.74 Å². The topological polar surface area (TPSA) is 98.1 Å². The third-order valence-corrected chi connectivity index (χ3v) is 5.37. The summed E-state index contributed by atoms with van der Waals surface area (Å²) in [4.78, 5) is 29.7. The average molecular weight is 461 g/mol. The molecule has 0 saturated heterocycles. The van der Waals surface area contributed by atoms with Crippen LogP contribution in [-0.4, -0.2) is 33.9 Å². The molecule has 4 aromatic rings. The number of aromatic nitrogens is 3. The number of hydrogen-bond acceptors (Lipinski definition) is 5. The Kier molecular flexibility index (Phi) is 6.27. The number of benzene rings is 2. The number of aryl methyl sites for hydroxylation is 1. The zero-order valence-corrected chi connectivity index (χ0v) is 19.2. The first-order valence-electron chi connectivity index (χ1n) is 10.7. The van der Waals surface area contributed by atoms with Gasteiger partial charge in [-0.2, -0.15) is 5.10 Å². The number of nitrogens with zero attached hydrogens (tertiary/aromatic N) is 3. The van der Waals surface area contributed by atoms with Crippen LogP contribution in [0.25, 0.3) is 22.3 Å². The van der Waals surface area contributed by atoms with Gasteiger partial charge in [0.2, 0.25) is 0 Å². The lowest BCUT2D eigenvalue weighted by Gasteiger charge is -2.13. The van der Waals surface area contributed by atoms with Crippen LogP contribution in [0.4, 0.5) is 20.6 Å². The maximum atomic E-state index is 14.1. The van der Waals surface area contributed by atoms with E-state index in [1.54, 1.807) is 16.9 Å². The molecule has 4 rings (SSSR count). The van der Waals surface area contributed by atoms with Crippen molar-refractivity contribution in [2.45, 2.75) is 26.8 Å². The number of ether oxygens (including phenoxy) is 1. The van der Waals surface area contributed by atoms with Crippen LogP contribution in [0.15, 0.2) is 54.7 Å². The van der Waals surface area contributed by atoms with Crippen molar-refractivity contribution < 1.29 is 18.7 Å². The molecule has 34 heavy (non-hydrogen) atoms. The predicted molar refractivity (Wildman–Crippen MR) is 128 cm³/mol. The molecule has 2 N–H and O–H groups in total. The van der Waals surface area contributed by atoms with Gasteiger partial charge in [-0.15, -0.1) is 0 Å². The minimum absolute atomic E-state index is 0.0390. The fraction of sp³-hybridized carbons (Fsp3) is 0.200. The number of hydrogen-bond donors (Lipinski definition) is 2. The van der Waals surface area contributed by atoms with Gasteiger partial charge in [0.25, 0.3) is 5.91 Å². The van der Waals surface area contributed by atoms with Crippen molar-refractivity contribution in [3.05, 3.63) is 71.7 Å². The molecule has 8 nitrogen and oxygen atoms in total. The lowest BCUT2D eigenvalue weighted by atomic mass is 10.0. The Hall–Kier alpha value is -4.27. The fourth-order valence-corrected chi connectivity index (χ4v) is 3.64. The third-order valence-electron chi connectivity index (χ3n) is 5.37. The SMILES string of the molecule is COC(=O)Nc1cc(NC(=O)c2cc(-c3ccccc3C)nc3c2cnn3C(C)C)ccc1F. The van der Waals surface area contributed by atoms with Crippen LogP contribution in [0.2, 0.25) is 0 Å². The largest absolute Gasteiger partial charge is 0.453 e. The smallest absolute Gasteiger partial charge is 0.411 e. The van der Waals surface area contributed by atoms with Gasteiger partial charge in [-0.05, 0) is 50.6 Å². The molecule has 0 atom stereocenters. The Balaban J connectivity index is 1.78. The second-order valence-corrected chi connectivity index (χ2v) is 8.06. The van der Waals surface area contributed by atoms with Crippen molar-refractivity contribution in [3.63, 3.8) is 0 Å². The zero-order valence-electron chi connectivity index (χ0n) is 19.2. The maximum absolute atomic E-state index is 14.1. The van der Waals surface area contributed by atoms with Gasteiger partial charge in [0.05, 0.1) is 35.6 Å². The third kappa shape index (κ3) is 4.45. The Morgan fingerprint density at radius 2 is 1.85 bits per heavy atom. The standard InChI is InChI=1S/C25H24FN5O3/c1-14(2)31-23-19(13-27-31)18(12-21(29-23)17-8-6-5-7-15(17)3)24(32)28-16-9-10-20(26)22(11-16)30-25(33)34-4/h5-14H,1-4H3,(H,28,32)(H,30,33). The summed E-state index contributed by atoms with van der Waals surface area (Å²) in [5.74, 6) is -1.07. The van der Waals surface area contributed by atoms with Crippen molar-refractivity contribution >= 4 is 34.4 Å². The van der Waals surface area contributed by atoms with Gasteiger partial charge in [-0.3, -0.25) is 10.1 Å². The molecule has 0 unspecified atom stereocenters. The number of methoxy groups -OCH3 is 1. The van der Waals surface area contributed by atoms with Gasteiger partial charge in [-0.1, -0.05) is 24.3 Å². The van der Waals surface area contributed by atoms with E-state index in [2.05, 4.69) is 20.5 Å². The highest BCUT2D eigenvalue weighted by molar-refractivity contribution is 6.12. The summed E-state index contributed by atoms with van der Waals surface area (Å²) in [6, 6.07) is 13.4. The minimum Gasteiger partial charge on any atom is -0.453 e. The fourth-order valence-electron chi connectivity index (χ4n) is 3.64. The summed E-state index contributed by atoms with van der Waals surface area (Å²) < 4.78 is 20.4. The Morgan fingerprint density at radius 1 is 1.09 bits per heavy atom. The number of carbonyl (C=O) groups excluding carboxylic acids is 2. The van der Waals surface area contributed by atoms with Crippen molar-refractivity contribution in [2.24, 2.45) is 0 Å². The summed E-state index contributed by atoms with van der Waals surface area (Å²) in [5.41, 5.74) is 3.73. The zero-order chi connectivity index (χ0) is 24.4. The van der Waals surface area contributed by atoms with Crippen LogP contribution in [0.5, 0.6) is 0 Å². The van der Waals surface area contributed by atoms with E-state index in [0.717, 1.165) is 17.2 Å². The highest BCUT2D eigenvalue weighted by Crippen LogP contribution is 2.29. The number of anilines is 2. The summed E-state index contributed by atoms with van der Waals surface area (Å²) in [5, 5.41) is 10.1. The normalized spacial score (nSPS) is 11.0. The lowest BCUT2D eigenvalue weighted by Crippen LogP contribution is -2.15. The number of amides is 2. The first kappa shape index (κ1) is 22.9. The van der Waals surface area contributed by atoms with E-state index in [9.17, 15) is 14.0 Å². The molecule has 0 saturated carbocycles. The molecule has 0 aliphatic heterocycles. The number of rotatable bonds is 5. The first-order chi connectivity index (χ1) is 16.3. The second kappa shape index (κ2) is 9.30. The molecule has 0 radical (unpaired) electrons. The van der Waals surface area contributed by atoms with Crippen LogP contribution in [0, 0.1) is 12.7 Å². The van der Waals surface area contributed by atoms with Crippen molar-refractivity contribution in [2.75, 3.05) is 17.7 Å². The van der Waals surface area contributed by atoms with Crippen molar-refractivity contribution in [3.8, 4) is 11.3 Å². The number of nitrogens with one attached hydrogen (secondary N) is 2. The molecule has 2 aromatic heterocycles. The molecule has 0 aliphatic rings. The van der Waals surface area contributed by atoms with Crippen LogP contribution < -0.4 is 10.6 Å². The van der Waals surface area contributed by atoms with Gasteiger partial charge < -0.3 is 10.1 Å². The summed E-state index contributed by atoms with van der Waals surface area (Å²) in [6.07, 6.45) is 0.801. The van der Waals surface area contributed by atoms with E-state index in [1.165, 1.54) is 19.2 Å². The Labute approximate surface area is 195 Å². The number of carbonyl (C=O) groups is 2. The molecule has 2 heterocycles. The summed E-state index contributed by atoms with van der Waals surface area (Å²) >= 11 is 0. The van der Waals surface area contributed by atoms with E-state index < -0.39 is 17.8 Å². The molecule has 2 amide bonds. The number of halogens is 1. The van der Waals surface area contributed by atoms with E-state index in [0.29, 0.717) is 28.0 Å². The van der Waals surface area contributed by atoms with E-state index in [4.69, 9.17) is 4.98 Å². The molecule has 9 heteroatoms. The highest BCUT2D eigenvalue weighted by Gasteiger charge is 2.20. The molecule has 0 spiro atoms. The molecular formula is C25H24FN5O3. The predicted octanol–water partition coefficient (Wildman–Crippen LogP) is 5.56. The number of pyridine rings is 1. The number of fused-ring (bicyclic) bond motifs is 1. The van der Waals surface area contributed by atoms with Crippen LogP contribution in [0.3, 0.4) is 0 Å².